The molecule has 0 heterocycles. The molecule has 0 radical (unpaired) electrons. The summed E-state index contributed by atoms with van der Waals surface area (Å²) in [6.07, 6.45) is -3.36. The molecule has 0 aliphatic heterocycles. The number of halogens is 4. The number of hydrogen-bond acceptors (Lipinski definition) is 2. The molecule has 1 aromatic rings. The molecule has 1 amide bonds. The number of rotatable bonds is 5. The molecule has 1 aromatic carbocycles. The predicted molar refractivity (Wildman–Crippen MR) is 83.0 cm³/mol. The number of thiocarbonyl (C=S) groups is 1. The first kappa shape index (κ1) is 17.9. The highest BCUT2D eigenvalue weighted by Gasteiger charge is 2.31. The Hall–Kier alpha value is -1.15. The number of nitrogens with one attached hydrogen (secondary N) is 1. The van der Waals surface area contributed by atoms with Crippen molar-refractivity contribution in [3.8, 4) is 0 Å². The smallest absolute Gasteiger partial charge is 0.393 e. The molecular formula is C13H14BrF3N2OS. The number of carbonyl (C=O) groups is 1. The number of nitrogens with two attached hydrogens (primary N) is 1. The fourth-order valence-corrected chi connectivity index (χ4v) is 2.28. The van der Waals surface area contributed by atoms with Gasteiger partial charge in [-0.05, 0) is 40.5 Å². The first-order valence-electron chi connectivity index (χ1n) is 6.13. The Morgan fingerprint density at radius 3 is 2.57 bits per heavy atom. The van der Waals surface area contributed by atoms with Crippen molar-refractivity contribution < 1.29 is 18.0 Å². The number of amides is 1. The van der Waals surface area contributed by atoms with E-state index in [1.165, 1.54) is 6.07 Å². The number of hydrogen-bond donors (Lipinski definition) is 2. The van der Waals surface area contributed by atoms with Crippen molar-refractivity contribution in [2.24, 2.45) is 11.7 Å². The van der Waals surface area contributed by atoms with Crippen molar-refractivity contribution in [1.29, 1.82) is 0 Å². The van der Waals surface area contributed by atoms with Crippen LogP contribution in [0.2, 0.25) is 0 Å². The molecule has 0 aliphatic rings. The molecule has 0 aliphatic carbocycles. The zero-order valence-electron chi connectivity index (χ0n) is 11.1. The molecule has 3 N–H and O–H groups in total. The van der Waals surface area contributed by atoms with Gasteiger partial charge in [-0.2, -0.15) is 13.2 Å². The molecule has 8 heteroatoms. The van der Waals surface area contributed by atoms with E-state index in [1.807, 2.05) is 6.92 Å². The largest absolute Gasteiger partial charge is 0.416 e. The first-order chi connectivity index (χ1) is 9.66. The maximum absolute atomic E-state index is 12.7. The van der Waals surface area contributed by atoms with E-state index in [0.717, 1.165) is 12.1 Å². The van der Waals surface area contributed by atoms with Crippen LogP contribution in [0.3, 0.4) is 0 Å². The lowest BCUT2D eigenvalue weighted by Crippen LogP contribution is -2.33. The van der Waals surface area contributed by atoms with Gasteiger partial charge in [0.15, 0.2) is 0 Å². The number of carbonyl (C=O) groups excluding carboxylic acids is 1. The van der Waals surface area contributed by atoms with Crippen LogP contribution >= 0.6 is 28.1 Å². The van der Waals surface area contributed by atoms with Crippen molar-refractivity contribution >= 4 is 44.7 Å². The van der Waals surface area contributed by atoms with Gasteiger partial charge in [-0.3, -0.25) is 4.79 Å². The quantitative estimate of drug-likeness (QED) is 0.753. The lowest BCUT2D eigenvalue weighted by Gasteiger charge is -2.16. The van der Waals surface area contributed by atoms with Crippen LogP contribution in [0.25, 0.3) is 0 Å². The van der Waals surface area contributed by atoms with E-state index in [2.05, 4.69) is 21.2 Å². The Bertz CT molecular complexity index is 549. The minimum absolute atomic E-state index is 0.0254. The van der Waals surface area contributed by atoms with E-state index >= 15 is 0 Å². The highest BCUT2D eigenvalue weighted by Crippen LogP contribution is 2.34. The molecular weight excluding hydrogens is 369 g/mol. The average molecular weight is 383 g/mol. The van der Waals surface area contributed by atoms with Gasteiger partial charge in [0.05, 0.1) is 22.2 Å². The number of anilines is 1. The third-order valence-electron chi connectivity index (χ3n) is 2.79. The Morgan fingerprint density at radius 2 is 2.10 bits per heavy atom. The highest BCUT2D eigenvalue weighted by molar-refractivity contribution is 9.10. The molecule has 116 valence electrons. The lowest BCUT2D eigenvalue weighted by molar-refractivity contribution is -0.137. The summed E-state index contributed by atoms with van der Waals surface area (Å²) in [6.45, 7) is 1.86. The van der Waals surface area contributed by atoms with Crippen LogP contribution in [0.15, 0.2) is 22.7 Å². The average Bonchev–Trinajstić information content (AvgIpc) is 2.36. The summed E-state index contributed by atoms with van der Waals surface area (Å²) in [5.74, 6) is -1.21. The maximum atomic E-state index is 12.7. The van der Waals surface area contributed by atoms with E-state index in [4.69, 9.17) is 18.0 Å². The van der Waals surface area contributed by atoms with Crippen LogP contribution in [0.1, 0.15) is 25.3 Å². The minimum Gasteiger partial charge on any atom is -0.393 e. The van der Waals surface area contributed by atoms with E-state index in [9.17, 15) is 18.0 Å². The summed E-state index contributed by atoms with van der Waals surface area (Å²) in [4.78, 5) is 12.1. The molecule has 0 bridgehead atoms. The summed E-state index contributed by atoms with van der Waals surface area (Å²) in [6, 6.07) is 3.02. The summed E-state index contributed by atoms with van der Waals surface area (Å²) in [5.41, 5.74) is 4.68. The van der Waals surface area contributed by atoms with Crippen LogP contribution in [-0.2, 0) is 11.0 Å². The van der Waals surface area contributed by atoms with Gasteiger partial charge in [0, 0.05) is 4.47 Å². The van der Waals surface area contributed by atoms with Gasteiger partial charge < -0.3 is 11.1 Å². The Balaban J connectivity index is 3.01. The molecule has 1 rings (SSSR count). The van der Waals surface area contributed by atoms with Crippen LogP contribution in [0, 0.1) is 5.92 Å². The summed E-state index contributed by atoms with van der Waals surface area (Å²) < 4.78 is 38.4. The van der Waals surface area contributed by atoms with Gasteiger partial charge in [0.1, 0.15) is 0 Å². The number of benzene rings is 1. The molecule has 0 fully saturated rings. The predicted octanol–water partition coefficient (Wildman–Crippen LogP) is 4.11. The SMILES string of the molecule is CCCC(C(=O)Nc1cc(C(F)(F)F)ccc1Br)C(N)=S. The van der Waals surface area contributed by atoms with Crippen molar-refractivity contribution in [1.82, 2.24) is 0 Å². The zero-order valence-corrected chi connectivity index (χ0v) is 13.5. The standard InChI is InChI=1S/C13H14BrF3N2OS/c1-2-3-8(11(18)21)12(20)19-10-6-7(13(15,16)17)4-5-9(10)14/h4-6,8H,2-3H2,1H3,(H2,18,21)(H,19,20). The summed E-state index contributed by atoms with van der Waals surface area (Å²) in [5, 5.41) is 2.44. The van der Waals surface area contributed by atoms with Crippen LogP contribution in [0.5, 0.6) is 0 Å². The van der Waals surface area contributed by atoms with Crippen molar-refractivity contribution in [3.05, 3.63) is 28.2 Å². The minimum atomic E-state index is -4.48. The first-order valence-corrected chi connectivity index (χ1v) is 7.33. The topological polar surface area (TPSA) is 55.1 Å². The normalized spacial score (nSPS) is 12.8. The maximum Gasteiger partial charge on any atom is 0.416 e. The number of alkyl halides is 3. The monoisotopic (exact) mass is 382 g/mol. The zero-order chi connectivity index (χ0) is 16.2. The summed E-state index contributed by atoms with van der Waals surface area (Å²) in [7, 11) is 0. The molecule has 0 spiro atoms. The molecule has 0 saturated heterocycles. The Kier molecular flexibility index (Phi) is 6.15. The van der Waals surface area contributed by atoms with E-state index in [0.29, 0.717) is 17.3 Å². The fourth-order valence-electron chi connectivity index (χ4n) is 1.71. The van der Waals surface area contributed by atoms with Gasteiger partial charge in [0.2, 0.25) is 5.91 Å². The second kappa shape index (κ2) is 7.22. The van der Waals surface area contributed by atoms with Crippen molar-refractivity contribution in [3.63, 3.8) is 0 Å². The van der Waals surface area contributed by atoms with Gasteiger partial charge in [-0.1, -0.05) is 25.6 Å². The second-order valence-electron chi connectivity index (χ2n) is 4.43. The second-order valence-corrected chi connectivity index (χ2v) is 5.75. The lowest BCUT2D eigenvalue weighted by atomic mass is 10.0. The molecule has 1 unspecified atom stereocenters. The van der Waals surface area contributed by atoms with Crippen LogP contribution in [0.4, 0.5) is 18.9 Å². The molecule has 1 atom stereocenters. The third-order valence-corrected chi connectivity index (χ3v) is 3.76. The van der Waals surface area contributed by atoms with Gasteiger partial charge in [0.25, 0.3) is 0 Å². The van der Waals surface area contributed by atoms with Crippen molar-refractivity contribution in [2.45, 2.75) is 25.9 Å². The molecule has 0 aromatic heterocycles. The molecule has 21 heavy (non-hydrogen) atoms. The van der Waals surface area contributed by atoms with E-state index in [1.54, 1.807) is 0 Å². The molecule has 0 saturated carbocycles. The van der Waals surface area contributed by atoms with Crippen LogP contribution in [-0.4, -0.2) is 10.9 Å². The molecule has 3 nitrogen and oxygen atoms in total. The fraction of sp³-hybridized carbons (Fsp3) is 0.385. The van der Waals surface area contributed by atoms with Gasteiger partial charge in [-0.25, -0.2) is 0 Å². The Morgan fingerprint density at radius 1 is 1.48 bits per heavy atom. The highest BCUT2D eigenvalue weighted by atomic mass is 79.9. The van der Waals surface area contributed by atoms with E-state index < -0.39 is 23.6 Å². The van der Waals surface area contributed by atoms with Crippen molar-refractivity contribution in [2.75, 3.05) is 5.32 Å². The van der Waals surface area contributed by atoms with Crippen LogP contribution < -0.4 is 11.1 Å². The van der Waals surface area contributed by atoms with Gasteiger partial charge in [-0.15, -0.1) is 0 Å². The van der Waals surface area contributed by atoms with E-state index in [-0.39, 0.29) is 10.7 Å². The third kappa shape index (κ3) is 4.96. The Labute approximate surface area is 134 Å². The van der Waals surface area contributed by atoms with Gasteiger partial charge >= 0.3 is 6.18 Å². The summed E-state index contributed by atoms with van der Waals surface area (Å²) >= 11 is 7.92.